The van der Waals surface area contributed by atoms with Crippen LogP contribution in [0, 0.1) is 5.92 Å². The minimum atomic E-state index is -0.130. The van der Waals surface area contributed by atoms with Gasteiger partial charge >= 0.3 is 0 Å². The van der Waals surface area contributed by atoms with Gasteiger partial charge in [0.05, 0.1) is 6.04 Å². The van der Waals surface area contributed by atoms with E-state index in [1.54, 1.807) is 4.90 Å². The Morgan fingerprint density at radius 3 is 2.39 bits per heavy atom. The molecule has 2 N–H and O–H groups in total. The fourth-order valence-corrected chi connectivity index (χ4v) is 3.78. The van der Waals surface area contributed by atoms with E-state index in [0.717, 1.165) is 43.1 Å². The van der Waals surface area contributed by atoms with Gasteiger partial charge in [-0.3, -0.25) is 9.59 Å². The molecule has 0 saturated carbocycles. The molecule has 4 rings (SSSR count). The Labute approximate surface area is 164 Å². The van der Waals surface area contributed by atoms with Gasteiger partial charge in [0, 0.05) is 24.6 Å². The number of hydrogen-bond donors (Lipinski definition) is 2. The Morgan fingerprint density at radius 1 is 1.00 bits per heavy atom. The minimum Gasteiger partial charge on any atom is -0.457 e. The van der Waals surface area contributed by atoms with Gasteiger partial charge in [0.15, 0.2) is 0 Å². The molecule has 2 saturated heterocycles. The molecule has 2 aromatic rings. The lowest BCUT2D eigenvalue weighted by Crippen LogP contribution is -2.43. The summed E-state index contributed by atoms with van der Waals surface area (Å²) in [5.41, 5.74) is 0.823. The standard InChI is InChI=1S/C22H25N3O3/c26-21-14-17(24-22(27)16-10-12-23-13-11-16)15-25(21)18-6-8-20(9-7-18)28-19-4-2-1-3-5-19/h1-9,16-17,23H,10-15H2,(H,24,27). The molecule has 0 aliphatic carbocycles. The number of anilines is 1. The van der Waals surface area contributed by atoms with E-state index in [4.69, 9.17) is 4.74 Å². The van der Waals surface area contributed by atoms with Crippen LogP contribution in [0.3, 0.4) is 0 Å². The summed E-state index contributed by atoms with van der Waals surface area (Å²) in [5, 5.41) is 6.33. The lowest BCUT2D eigenvalue weighted by Gasteiger charge is -2.23. The van der Waals surface area contributed by atoms with E-state index in [0.29, 0.717) is 13.0 Å². The number of hydrogen-bond acceptors (Lipinski definition) is 4. The second-order valence-corrected chi connectivity index (χ2v) is 7.35. The fraction of sp³-hybridized carbons (Fsp3) is 0.364. The Kier molecular flexibility index (Phi) is 5.58. The first-order valence-electron chi connectivity index (χ1n) is 9.83. The van der Waals surface area contributed by atoms with Crippen molar-refractivity contribution in [2.75, 3.05) is 24.5 Å². The van der Waals surface area contributed by atoms with E-state index in [-0.39, 0.29) is 23.8 Å². The maximum Gasteiger partial charge on any atom is 0.229 e. The molecule has 2 fully saturated rings. The molecule has 6 nitrogen and oxygen atoms in total. The fourth-order valence-electron chi connectivity index (χ4n) is 3.78. The molecule has 2 amide bonds. The lowest BCUT2D eigenvalue weighted by atomic mass is 9.97. The minimum absolute atomic E-state index is 0.0346. The van der Waals surface area contributed by atoms with Crippen LogP contribution in [-0.2, 0) is 9.59 Å². The van der Waals surface area contributed by atoms with Crippen molar-refractivity contribution < 1.29 is 14.3 Å². The number of carbonyl (C=O) groups is 2. The van der Waals surface area contributed by atoms with Gasteiger partial charge in [-0.25, -0.2) is 0 Å². The van der Waals surface area contributed by atoms with Gasteiger partial charge < -0.3 is 20.3 Å². The van der Waals surface area contributed by atoms with E-state index < -0.39 is 0 Å². The number of para-hydroxylation sites is 1. The van der Waals surface area contributed by atoms with Crippen molar-refractivity contribution in [3.05, 3.63) is 54.6 Å². The molecular formula is C22H25N3O3. The zero-order chi connectivity index (χ0) is 19.3. The normalized spacial score (nSPS) is 20.2. The number of nitrogens with one attached hydrogen (secondary N) is 2. The molecule has 146 valence electrons. The molecule has 0 bridgehead atoms. The van der Waals surface area contributed by atoms with Gasteiger partial charge in [-0.05, 0) is 62.3 Å². The second-order valence-electron chi connectivity index (χ2n) is 7.35. The molecule has 0 radical (unpaired) electrons. The molecule has 2 aromatic carbocycles. The first-order chi connectivity index (χ1) is 13.7. The van der Waals surface area contributed by atoms with Gasteiger partial charge in [0.1, 0.15) is 11.5 Å². The first-order valence-corrected chi connectivity index (χ1v) is 9.83. The number of carbonyl (C=O) groups excluding carboxylic acids is 2. The molecule has 0 spiro atoms. The summed E-state index contributed by atoms with van der Waals surface area (Å²) in [6.45, 7) is 2.27. The predicted octanol–water partition coefficient (Wildman–Crippen LogP) is 2.70. The largest absolute Gasteiger partial charge is 0.457 e. The van der Waals surface area contributed by atoms with Crippen LogP contribution in [0.4, 0.5) is 5.69 Å². The molecule has 28 heavy (non-hydrogen) atoms. The SMILES string of the molecule is O=C(NC1CC(=O)N(c2ccc(Oc3ccccc3)cc2)C1)C1CCNCC1. The highest BCUT2D eigenvalue weighted by Gasteiger charge is 2.33. The summed E-state index contributed by atoms with van der Waals surface area (Å²) in [6.07, 6.45) is 2.07. The number of benzene rings is 2. The van der Waals surface area contributed by atoms with Gasteiger partial charge in [0.2, 0.25) is 11.8 Å². The van der Waals surface area contributed by atoms with E-state index in [9.17, 15) is 9.59 Å². The van der Waals surface area contributed by atoms with Crippen LogP contribution in [0.5, 0.6) is 11.5 Å². The average Bonchev–Trinajstić information content (AvgIpc) is 3.10. The van der Waals surface area contributed by atoms with Crippen LogP contribution < -0.4 is 20.3 Å². The monoisotopic (exact) mass is 379 g/mol. The lowest BCUT2D eigenvalue weighted by molar-refractivity contribution is -0.126. The molecule has 2 aliphatic heterocycles. The topological polar surface area (TPSA) is 70.7 Å². The average molecular weight is 379 g/mol. The third kappa shape index (κ3) is 4.34. The highest BCUT2D eigenvalue weighted by atomic mass is 16.5. The van der Waals surface area contributed by atoms with E-state index >= 15 is 0 Å². The zero-order valence-electron chi connectivity index (χ0n) is 15.8. The van der Waals surface area contributed by atoms with E-state index in [1.807, 2.05) is 54.6 Å². The van der Waals surface area contributed by atoms with Crippen molar-refractivity contribution in [2.45, 2.75) is 25.3 Å². The smallest absolute Gasteiger partial charge is 0.229 e. The van der Waals surface area contributed by atoms with Crippen molar-refractivity contribution in [2.24, 2.45) is 5.92 Å². The van der Waals surface area contributed by atoms with Crippen LogP contribution in [0.15, 0.2) is 54.6 Å². The predicted molar refractivity (Wildman–Crippen MR) is 107 cm³/mol. The highest BCUT2D eigenvalue weighted by molar-refractivity contribution is 5.97. The number of piperidine rings is 1. The van der Waals surface area contributed by atoms with Gasteiger partial charge in [-0.2, -0.15) is 0 Å². The summed E-state index contributed by atoms with van der Waals surface area (Å²) in [5.74, 6) is 1.66. The summed E-state index contributed by atoms with van der Waals surface area (Å²) in [4.78, 5) is 26.6. The number of amides is 2. The first kappa shape index (κ1) is 18.5. The van der Waals surface area contributed by atoms with Crippen LogP contribution in [0.2, 0.25) is 0 Å². The van der Waals surface area contributed by atoms with E-state index in [2.05, 4.69) is 10.6 Å². The van der Waals surface area contributed by atoms with Crippen molar-refractivity contribution in [1.82, 2.24) is 10.6 Å². The zero-order valence-corrected chi connectivity index (χ0v) is 15.8. The van der Waals surface area contributed by atoms with Crippen LogP contribution in [-0.4, -0.2) is 37.5 Å². The molecule has 6 heteroatoms. The summed E-state index contributed by atoms with van der Waals surface area (Å²) >= 11 is 0. The van der Waals surface area contributed by atoms with Crippen molar-refractivity contribution in [1.29, 1.82) is 0 Å². The molecule has 2 heterocycles. The van der Waals surface area contributed by atoms with Crippen molar-refractivity contribution >= 4 is 17.5 Å². The second kappa shape index (κ2) is 8.44. The molecule has 2 aliphatic rings. The Morgan fingerprint density at radius 2 is 1.68 bits per heavy atom. The number of nitrogens with zero attached hydrogens (tertiary/aromatic N) is 1. The molecule has 1 unspecified atom stereocenters. The number of rotatable bonds is 5. The Balaban J connectivity index is 1.35. The molecule has 1 atom stereocenters. The van der Waals surface area contributed by atoms with Crippen molar-refractivity contribution in [3.63, 3.8) is 0 Å². The summed E-state index contributed by atoms with van der Waals surface area (Å²) in [6, 6.07) is 16.9. The van der Waals surface area contributed by atoms with Gasteiger partial charge in [0.25, 0.3) is 0 Å². The third-order valence-electron chi connectivity index (χ3n) is 5.31. The quantitative estimate of drug-likeness (QED) is 0.838. The summed E-state index contributed by atoms with van der Waals surface area (Å²) < 4.78 is 5.80. The van der Waals surface area contributed by atoms with Gasteiger partial charge in [-0.1, -0.05) is 18.2 Å². The summed E-state index contributed by atoms with van der Waals surface area (Å²) in [7, 11) is 0. The van der Waals surface area contributed by atoms with Crippen LogP contribution >= 0.6 is 0 Å². The van der Waals surface area contributed by atoms with Crippen molar-refractivity contribution in [3.8, 4) is 11.5 Å². The molecule has 0 aromatic heterocycles. The Bertz CT molecular complexity index is 817. The highest BCUT2D eigenvalue weighted by Crippen LogP contribution is 2.27. The van der Waals surface area contributed by atoms with Crippen LogP contribution in [0.25, 0.3) is 0 Å². The maximum absolute atomic E-state index is 12.5. The Hall–Kier alpha value is -2.86. The number of ether oxygens (including phenoxy) is 1. The van der Waals surface area contributed by atoms with Gasteiger partial charge in [-0.15, -0.1) is 0 Å². The molecular weight excluding hydrogens is 354 g/mol. The third-order valence-corrected chi connectivity index (χ3v) is 5.31. The van der Waals surface area contributed by atoms with E-state index in [1.165, 1.54) is 0 Å². The van der Waals surface area contributed by atoms with Crippen LogP contribution in [0.1, 0.15) is 19.3 Å². The maximum atomic E-state index is 12.5.